The van der Waals surface area contributed by atoms with Crippen molar-refractivity contribution in [2.24, 2.45) is 0 Å². The van der Waals surface area contributed by atoms with Crippen LogP contribution in [0.25, 0.3) is 0 Å². The maximum atomic E-state index is 11.8. The van der Waals surface area contributed by atoms with Crippen molar-refractivity contribution in [1.82, 2.24) is 14.9 Å². The van der Waals surface area contributed by atoms with Gasteiger partial charge < -0.3 is 5.32 Å². The van der Waals surface area contributed by atoms with E-state index in [-0.39, 0.29) is 6.04 Å². The number of carbonyl (C=O) groups is 1. The van der Waals surface area contributed by atoms with E-state index in [1.165, 1.54) is 12.6 Å². The molecule has 1 aliphatic rings. The van der Waals surface area contributed by atoms with Crippen LogP contribution in [-0.4, -0.2) is 51.2 Å². The quantitative estimate of drug-likeness (QED) is 0.806. The Morgan fingerprint density at radius 2 is 1.87 bits per heavy atom. The summed E-state index contributed by atoms with van der Waals surface area (Å²) < 4.78 is 24.9. The number of sulfonamides is 1. The van der Waals surface area contributed by atoms with Crippen LogP contribution in [0.1, 0.15) is 31.4 Å². The van der Waals surface area contributed by atoms with Crippen molar-refractivity contribution < 1.29 is 13.2 Å². The molecule has 0 radical (unpaired) electrons. The Kier molecular flexibility index (Phi) is 6.15. The SMILES string of the molecule is CNS(=O)(=O)CC(=O)NC1CCN([C@H](C)c2ccccc2)CC1. The van der Waals surface area contributed by atoms with Gasteiger partial charge in [-0.25, -0.2) is 13.1 Å². The largest absolute Gasteiger partial charge is 0.352 e. The van der Waals surface area contributed by atoms with E-state index in [1.807, 2.05) is 18.2 Å². The van der Waals surface area contributed by atoms with Crippen LogP contribution in [0.5, 0.6) is 0 Å². The minimum Gasteiger partial charge on any atom is -0.352 e. The van der Waals surface area contributed by atoms with Crippen molar-refractivity contribution in [3.8, 4) is 0 Å². The zero-order chi connectivity index (χ0) is 16.9. The number of amides is 1. The average molecular weight is 339 g/mol. The summed E-state index contributed by atoms with van der Waals surface area (Å²) in [6.07, 6.45) is 1.67. The Bertz CT molecular complexity index is 611. The molecule has 2 N–H and O–H groups in total. The third-order valence-electron chi connectivity index (χ3n) is 4.36. The Hall–Kier alpha value is -1.44. The number of rotatable bonds is 6. The smallest absolute Gasteiger partial charge is 0.236 e. The first-order valence-electron chi connectivity index (χ1n) is 7.91. The second-order valence-electron chi connectivity index (χ2n) is 5.93. The van der Waals surface area contributed by atoms with Gasteiger partial charge >= 0.3 is 0 Å². The molecule has 2 rings (SSSR count). The normalized spacial score (nSPS) is 18.5. The van der Waals surface area contributed by atoms with E-state index in [9.17, 15) is 13.2 Å². The van der Waals surface area contributed by atoms with Crippen molar-refractivity contribution in [2.45, 2.75) is 31.8 Å². The maximum absolute atomic E-state index is 11.8. The first-order chi connectivity index (χ1) is 10.9. The molecule has 1 aromatic carbocycles. The summed E-state index contributed by atoms with van der Waals surface area (Å²) in [6, 6.07) is 10.7. The molecule has 128 valence electrons. The van der Waals surface area contributed by atoms with Crippen molar-refractivity contribution >= 4 is 15.9 Å². The molecule has 0 saturated carbocycles. The summed E-state index contributed by atoms with van der Waals surface area (Å²) in [5.74, 6) is -0.946. The molecule has 1 atom stereocenters. The number of benzene rings is 1. The average Bonchev–Trinajstić information content (AvgIpc) is 2.55. The van der Waals surface area contributed by atoms with Gasteiger partial charge in [-0.3, -0.25) is 9.69 Å². The summed E-state index contributed by atoms with van der Waals surface area (Å²) in [6.45, 7) is 3.97. The highest BCUT2D eigenvalue weighted by Gasteiger charge is 2.25. The Morgan fingerprint density at radius 3 is 2.43 bits per heavy atom. The molecule has 0 bridgehead atoms. The van der Waals surface area contributed by atoms with E-state index < -0.39 is 21.7 Å². The lowest BCUT2D eigenvalue weighted by Crippen LogP contribution is -2.47. The van der Waals surface area contributed by atoms with E-state index in [1.54, 1.807) is 0 Å². The van der Waals surface area contributed by atoms with Crippen molar-refractivity contribution in [3.63, 3.8) is 0 Å². The number of nitrogens with zero attached hydrogens (tertiary/aromatic N) is 1. The van der Waals surface area contributed by atoms with E-state index in [2.05, 4.69) is 34.0 Å². The summed E-state index contributed by atoms with van der Waals surface area (Å²) in [5, 5.41) is 2.82. The van der Waals surface area contributed by atoms with Gasteiger partial charge in [-0.05, 0) is 32.4 Å². The summed E-state index contributed by atoms with van der Waals surface area (Å²) in [4.78, 5) is 14.2. The molecule has 1 amide bonds. The van der Waals surface area contributed by atoms with Gasteiger partial charge in [0.2, 0.25) is 15.9 Å². The molecule has 0 spiro atoms. The molecular formula is C16H25N3O3S. The lowest BCUT2D eigenvalue weighted by Gasteiger charge is -2.36. The van der Waals surface area contributed by atoms with Crippen molar-refractivity contribution in [1.29, 1.82) is 0 Å². The second-order valence-corrected chi connectivity index (χ2v) is 7.85. The molecule has 0 aliphatic carbocycles. The van der Waals surface area contributed by atoms with Crippen LogP contribution in [0.15, 0.2) is 30.3 Å². The first kappa shape index (κ1) is 17.9. The lowest BCUT2D eigenvalue weighted by molar-refractivity contribution is -0.119. The van der Waals surface area contributed by atoms with E-state index >= 15 is 0 Å². The van der Waals surface area contributed by atoms with Gasteiger partial charge in [0.05, 0.1) is 0 Å². The highest BCUT2D eigenvalue weighted by molar-refractivity contribution is 7.90. The first-order valence-corrected chi connectivity index (χ1v) is 9.56. The number of nitrogens with one attached hydrogen (secondary N) is 2. The van der Waals surface area contributed by atoms with Crippen LogP contribution in [0.3, 0.4) is 0 Å². The number of likely N-dealkylation sites (tertiary alicyclic amines) is 1. The molecular weight excluding hydrogens is 314 g/mol. The molecule has 0 aromatic heterocycles. The molecule has 6 nitrogen and oxygen atoms in total. The van der Waals surface area contributed by atoms with E-state index in [0.717, 1.165) is 25.9 Å². The second kappa shape index (κ2) is 7.90. The zero-order valence-corrected chi connectivity index (χ0v) is 14.5. The van der Waals surface area contributed by atoms with Crippen LogP contribution in [0.2, 0.25) is 0 Å². The van der Waals surface area contributed by atoms with Gasteiger partial charge in [0, 0.05) is 25.2 Å². The van der Waals surface area contributed by atoms with Gasteiger partial charge in [-0.1, -0.05) is 30.3 Å². The number of hydrogen-bond donors (Lipinski definition) is 2. The van der Waals surface area contributed by atoms with Gasteiger partial charge in [-0.15, -0.1) is 0 Å². The molecule has 1 aromatic rings. The molecule has 7 heteroatoms. The highest BCUT2D eigenvalue weighted by Crippen LogP contribution is 2.23. The Balaban J connectivity index is 1.81. The standard InChI is InChI=1S/C16H25N3O3S/c1-13(14-6-4-3-5-7-14)19-10-8-15(9-11-19)18-16(20)12-23(21,22)17-2/h3-7,13,15,17H,8-12H2,1-2H3,(H,18,20)/t13-/m1/s1. The minimum absolute atomic E-state index is 0.0498. The monoisotopic (exact) mass is 339 g/mol. The van der Waals surface area contributed by atoms with Crippen molar-refractivity contribution in [2.75, 3.05) is 25.9 Å². The third-order valence-corrected chi connectivity index (χ3v) is 5.62. The Morgan fingerprint density at radius 1 is 1.26 bits per heavy atom. The van der Waals surface area contributed by atoms with Gasteiger partial charge in [0.15, 0.2) is 0 Å². The van der Waals surface area contributed by atoms with Gasteiger partial charge in [0.25, 0.3) is 0 Å². The predicted octanol–water partition coefficient (Wildman–Crippen LogP) is 0.877. The highest BCUT2D eigenvalue weighted by atomic mass is 32.2. The van der Waals surface area contributed by atoms with Gasteiger partial charge in [0.1, 0.15) is 5.75 Å². The van der Waals surface area contributed by atoms with Crippen LogP contribution in [-0.2, 0) is 14.8 Å². The fourth-order valence-electron chi connectivity index (χ4n) is 2.89. The van der Waals surface area contributed by atoms with Crippen LogP contribution in [0.4, 0.5) is 0 Å². The number of hydrogen-bond acceptors (Lipinski definition) is 4. The summed E-state index contributed by atoms with van der Waals surface area (Å²) in [5.41, 5.74) is 1.29. The van der Waals surface area contributed by atoms with Crippen molar-refractivity contribution in [3.05, 3.63) is 35.9 Å². The fourth-order valence-corrected chi connectivity index (χ4v) is 3.46. The molecule has 1 saturated heterocycles. The lowest BCUT2D eigenvalue weighted by atomic mass is 10.0. The fraction of sp³-hybridized carbons (Fsp3) is 0.562. The van der Waals surface area contributed by atoms with E-state index in [4.69, 9.17) is 0 Å². The summed E-state index contributed by atoms with van der Waals surface area (Å²) in [7, 11) is -2.19. The molecule has 1 fully saturated rings. The maximum Gasteiger partial charge on any atom is 0.236 e. The summed E-state index contributed by atoms with van der Waals surface area (Å²) >= 11 is 0. The molecule has 1 heterocycles. The van der Waals surface area contributed by atoms with Crippen LogP contribution in [0, 0.1) is 0 Å². The minimum atomic E-state index is -3.50. The van der Waals surface area contributed by atoms with Gasteiger partial charge in [-0.2, -0.15) is 0 Å². The van der Waals surface area contributed by atoms with Crippen LogP contribution >= 0.6 is 0 Å². The number of carbonyl (C=O) groups excluding carboxylic acids is 1. The third kappa shape index (κ3) is 5.30. The molecule has 0 unspecified atom stereocenters. The van der Waals surface area contributed by atoms with Crippen LogP contribution < -0.4 is 10.0 Å². The van der Waals surface area contributed by atoms with E-state index in [0.29, 0.717) is 6.04 Å². The zero-order valence-electron chi connectivity index (χ0n) is 13.7. The number of piperidine rings is 1. The topological polar surface area (TPSA) is 78.5 Å². The predicted molar refractivity (Wildman–Crippen MR) is 90.4 cm³/mol. The Labute approximate surface area is 138 Å². The molecule has 23 heavy (non-hydrogen) atoms. The molecule has 1 aliphatic heterocycles.